The molecule has 1 saturated heterocycles. The highest BCUT2D eigenvalue weighted by Gasteiger charge is 2.22. The van der Waals surface area contributed by atoms with Crippen LogP contribution in [0.3, 0.4) is 0 Å². The first-order chi connectivity index (χ1) is 14.2. The van der Waals surface area contributed by atoms with Crippen molar-refractivity contribution in [2.24, 2.45) is 0 Å². The fourth-order valence-corrected chi connectivity index (χ4v) is 3.13. The van der Waals surface area contributed by atoms with Gasteiger partial charge in [0, 0.05) is 44.6 Å². The Morgan fingerprint density at radius 2 is 1.76 bits per heavy atom. The second kappa shape index (κ2) is 8.59. The highest BCUT2D eigenvalue weighted by atomic mass is 16.5. The lowest BCUT2D eigenvalue weighted by atomic mass is 10.3. The van der Waals surface area contributed by atoms with E-state index in [2.05, 4.69) is 20.0 Å². The van der Waals surface area contributed by atoms with Gasteiger partial charge in [-0.15, -0.1) is 0 Å². The Morgan fingerprint density at radius 1 is 1.03 bits per heavy atom. The van der Waals surface area contributed by atoms with E-state index in [1.807, 2.05) is 23.2 Å². The predicted molar refractivity (Wildman–Crippen MR) is 106 cm³/mol. The first-order valence-corrected chi connectivity index (χ1v) is 9.34. The minimum absolute atomic E-state index is 0.0171. The molecule has 1 aliphatic rings. The fraction of sp³-hybridized carbons (Fsp3) is 0.300. The van der Waals surface area contributed by atoms with Crippen molar-refractivity contribution in [3.05, 3.63) is 55.1 Å². The summed E-state index contributed by atoms with van der Waals surface area (Å²) in [5, 5.41) is 4.20. The monoisotopic (exact) mass is 394 g/mol. The number of hydrogen-bond acceptors (Lipinski definition) is 7. The van der Waals surface area contributed by atoms with Gasteiger partial charge < -0.3 is 19.3 Å². The van der Waals surface area contributed by atoms with Gasteiger partial charge in [0.2, 0.25) is 0 Å². The average molecular weight is 394 g/mol. The molecule has 1 fully saturated rings. The third-order valence-corrected chi connectivity index (χ3v) is 4.76. The molecule has 1 aliphatic heterocycles. The van der Waals surface area contributed by atoms with Crippen molar-refractivity contribution >= 4 is 11.7 Å². The topological polar surface area (TPSA) is 85.6 Å². The van der Waals surface area contributed by atoms with E-state index in [9.17, 15) is 4.79 Å². The van der Waals surface area contributed by atoms with Gasteiger partial charge in [-0.1, -0.05) is 0 Å². The Morgan fingerprint density at radius 3 is 2.45 bits per heavy atom. The number of methoxy groups -OCH3 is 1. The van der Waals surface area contributed by atoms with Crippen LogP contribution in [0.5, 0.6) is 11.5 Å². The molecule has 0 radical (unpaired) electrons. The fourth-order valence-electron chi connectivity index (χ4n) is 3.13. The second-order valence-corrected chi connectivity index (χ2v) is 6.52. The Balaban J connectivity index is 1.30. The van der Waals surface area contributed by atoms with Crippen LogP contribution < -0.4 is 14.4 Å². The molecule has 0 saturated carbocycles. The molecule has 2 aromatic heterocycles. The van der Waals surface area contributed by atoms with E-state index in [-0.39, 0.29) is 12.5 Å². The summed E-state index contributed by atoms with van der Waals surface area (Å²) in [5.74, 6) is 2.91. The van der Waals surface area contributed by atoms with Gasteiger partial charge in [-0.3, -0.25) is 4.79 Å². The van der Waals surface area contributed by atoms with E-state index < -0.39 is 0 Å². The number of hydrogen-bond donors (Lipinski definition) is 0. The Kier molecular flexibility index (Phi) is 5.55. The molecule has 1 amide bonds. The lowest BCUT2D eigenvalue weighted by Crippen LogP contribution is -2.50. The van der Waals surface area contributed by atoms with E-state index >= 15 is 0 Å². The van der Waals surface area contributed by atoms with Gasteiger partial charge in [0.25, 0.3) is 5.91 Å². The van der Waals surface area contributed by atoms with Gasteiger partial charge in [-0.2, -0.15) is 5.10 Å². The van der Waals surface area contributed by atoms with Crippen molar-refractivity contribution in [2.45, 2.75) is 0 Å². The lowest BCUT2D eigenvalue weighted by molar-refractivity contribution is -0.133. The van der Waals surface area contributed by atoms with Crippen LogP contribution in [0.25, 0.3) is 5.82 Å². The minimum atomic E-state index is -0.0274. The molecule has 0 N–H and O–H groups in total. The number of aromatic nitrogens is 4. The number of benzene rings is 1. The molecule has 0 unspecified atom stereocenters. The highest BCUT2D eigenvalue weighted by Crippen LogP contribution is 2.18. The van der Waals surface area contributed by atoms with E-state index in [0.29, 0.717) is 37.7 Å². The van der Waals surface area contributed by atoms with Gasteiger partial charge in [0.05, 0.1) is 7.11 Å². The van der Waals surface area contributed by atoms with Crippen molar-refractivity contribution in [1.29, 1.82) is 0 Å². The molecule has 0 spiro atoms. The SMILES string of the molecule is COc1ccc(OCC(=O)N2CCN(c3cc(-n4cccn4)ncn3)CC2)cc1. The van der Waals surface area contributed by atoms with Crippen LogP contribution >= 0.6 is 0 Å². The highest BCUT2D eigenvalue weighted by molar-refractivity contribution is 5.78. The van der Waals surface area contributed by atoms with Crippen LogP contribution in [0.15, 0.2) is 55.1 Å². The van der Waals surface area contributed by atoms with Crippen LogP contribution in [0.2, 0.25) is 0 Å². The Bertz CT molecular complexity index is 937. The molecule has 150 valence electrons. The van der Waals surface area contributed by atoms with Crippen LogP contribution in [0, 0.1) is 0 Å². The number of amides is 1. The average Bonchev–Trinajstić information content (AvgIpc) is 3.33. The van der Waals surface area contributed by atoms with Gasteiger partial charge in [0.1, 0.15) is 23.6 Å². The summed E-state index contributed by atoms with van der Waals surface area (Å²) in [5.41, 5.74) is 0. The summed E-state index contributed by atoms with van der Waals surface area (Å²) < 4.78 is 12.4. The van der Waals surface area contributed by atoms with E-state index in [1.54, 1.807) is 42.3 Å². The maximum Gasteiger partial charge on any atom is 0.260 e. The third-order valence-electron chi connectivity index (χ3n) is 4.76. The molecular weight excluding hydrogens is 372 g/mol. The summed E-state index contributed by atoms with van der Waals surface area (Å²) in [6.45, 7) is 2.65. The summed E-state index contributed by atoms with van der Waals surface area (Å²) in [6.07, 6.45) is 5.08. The second-order valence-electron chi connectivity index (χ2n) is 6.52. The zero-order valence-corrected chi connectivity index (χ0v) is 16.1. The van der Waals surface area contributed by atoms with Gasteiger partial charge in [-0.25, -0.2) is 14.6 Å². The van der Waals surface area contributed by atoms with Crippen molar-refractivity contribution in [3.8, 4) is 17.3 Å². The van der Waals surface area contributed by atoms with Crippen LogP contribution in [0.1, 0.15) is 0 Å². The summed E-state index contributed by atoms with van der Waals surface area (Å²) in [7, 11) is 1.61. The molecule has 3 heterocycles. The number of nitrogens with zero attached hydrogens (tertiary/aromatic N) is 6. The molecule has 4 rings (SSSR count). The largest absolute Gasteiger partial charge is 0.497 e. The Labute approximate surface area is 168 Å². The smallest absolute Gasteiger partial charge is 0.260 e. The molecule has 0 bridgehead atoms. The molecule has 0 aliphatic carbocycles. The number of anilines is 1. The standard InChI is InChI=1S/C20H22N6O3/c1-28-16-3-5-17(6-4-16)29-14-20(27)25-11-9-24(10-12-25)18-13-19(22-15-21-18)26-8-2-7-23-26/h2-8,13,15H,9-12,14H2,1H3. The summed E-state index contributed by atoms with van der Waals surface area (Å²) in [4.78, 5) is 25.1. The van der Waals surface area contributed by atoms with Gasteiger partial charge >= 0.3 is 0 Å². The van der Waals surface area contributed by atoms with Crippen molar-refractivity contribution < 1.29 is 14.3 Å². The zero-order chi connectivity index (χ0) is 20.1. The Hall–Kier alpha value is -3.62. The number of carbonyl (C=O) groups excluding carboxylic acids is 1. The molecule has 1 aromatic carbocycles. The van der Waals surface area contributed by atoms with E-state index in [1.165, 1.54) is 6.33 Å². The maximum atomic E-state index is 12.5. The zero-order valence-electron chi connectivity index (χ0n) is 16.1. The van der Waals surface area contributed by atoms with Gasteiger partial charge in [0.15, 0.2) is 12.4 Å². The summed E-state index contributed by atoms with van der Waals surface area (Å²) in [6, 6.07) is 10.9. The van der Waals surface area contributed by atoms with E-state index in [4.69, 9.17) is 9.47 Å². The first kappa shape index (κ1) is 18.7. The maximum absolute atomic E-state index is 12.5. The number of rotatable bonds is 6. The van der Waals surface area contributed by atoms with E-state index in [0.717, 1.165) is 11.6 Å². The molecule has 0 atom stereocenters. The van der Waals surface area contributed by atoms with Gasteiger partial charge in [-0.05, 0) is 30.3 Å². The molecule has 9 heteroatoms. The molecule has 29 heavy (non-hydrogen) atoms. The van der Waals surface area contributed by atoms with Crippen LogP contribution in [-0.2, 0) is 4.79 Å². The number of piperazine rings is 1. The third kappa shape index (κ3) is 4.45. The van der Waals surface area contributed by atoms with Crippen molar-refractivity contribution in [2.75, 3.05) is 44.8 Å². The normalized spacial score (nSPS) is 14.0. The quantitative estimate of drug-likeness (QED) is 0.625. The van der Waals surface area contributed by atoms with Crippen LogP contribution in [-0.4, -0.2) is 70.5 Å². The first-order valence-electron chi connectivity index (χ1n) is 9.34. The molecule has 9 nitrogen and oxygen atoms in total. The van der Waals surface area contributed by atoms with Crippen molar-refractivity contribution in [1.82, 2.24) is 24.6 Å². The lowest BCUT2D eigenvalue weighted by Gasteiger charge is -2.35. The predicted octanol–water partition coefficient (Wildman–Crippen LogP) is 1.40. The van der Waals surface area contributed by atoms with Crippen molar-refractivity contribution in [3.63, 3.8) is 0 Å². The number of carbonyl (C=O) groups is 1. The summed E-state index contributed by atoms with van der Waals surface area (Å²) >= 11 is 0. The molecule has 3 aromatic rings. The molecular formula is C20H22N6O3. The number of ether oxygens (including phenoxy) is 2. The minimum Gasteiger partial charge on any atom is -0.497 e. The van der Waals surface area contributed by atoms with Crippen LogP contribution in [0.4, 0.5) is 5.82 Å².